The fraction of sp³-hybridized carbons (Fsp3) is 0.444. The van der Waals surface area contributed by atoms with E-state index in [0.29, 0.717) is 17.3 Å². The van der Waals surface area contributed by atoms with Gasteiger partial charge in [0.15, 0.2) is 0 Å². The Morgan fingerprint density at radius 3 is 2.58 bits per heavy atom. The molecule has 0 saturated carbocycles. The summed E-state index contributed by atoms with van der Waals surface area (Å²) in [6.07, 6.45) is 5.21. The molecule has 0 unspecified atom stereocenters. The van der Waals surface area contributed by atoms with E-state index >= 15 is 0 Å². The van der Waals surface area contributed by atoms with Gasteiger partial charge in [0, 0.05) is 13.6 Å². The average Bonchev–Trinajstić information content (AvgIpc) is 2.95. The first-order chi connectivity index (χ1) is 11.7. The molecule has 1 aliphatic rings. The van der Waals surface area contributed by atoms with Crippen LogP contribution in [0.2, 0.25) is 5.02 Å². The molecule has 1 atom stereocenters. The Morgan fingerprint density at radius 2 is 1.96 bits per heavy atom. The number of rotatable bonds is 5. The quantitative estimate of drug-likeness (QED) is 0.905. The smallest absolute Gasteiger partial charge is 0.271 e. The average molecular weight is 347 g/mol. The van der Waals surface area contributed by atoms with Crippen LogP contribution < -0.4 is 5.32 Å². The first kappa shape index (κ1) is 17.0. The largest absolute Gasteiger partial charge is 0.349 e. The van der Waals surface area contributed by atoms with Crippen LogP contribution in [0.4, 0.5) is 0 Å². The molecule has 1 saturated heterocycles. The van der Waals surface area contributed by atoms with Crippen LogP contribution in [0, 0.1) is 0 Å². The van der Waals surface area contributed by atoms with E-state index in [1.54, 1.807) is 7.05 Å². The second kappa shape index (κ2) is 7.81. The fourth-order valence-electron chi connectivity index (χ4n) is 3.30. The minimum atomic E-state index is -0.182. The third-order valence-electron chi connectivity index (χ3n) is 4.58. The fourth-order valence-corrected chi connectivity index (χ4v) is 3.55. The van der Waals surface area contributed by atoms with E-state index in [-0.39, 0.29) is 11.9 Å². The van der Waals surface area contributed by atoms with E-state index in [1.807, 2.05) is 18.2 Å². The number of benzene rings is 1. The SMILES string of the molecule is Cn1ncc(Cl)c1C(=O)NC[C@@H](c1ccccc1)N1CCCCC1. The van der Waals surface area contributed by atoms with Gasteiger partial charge in [-0.3, -0.25) is 14.4 Å². The monoisotopic (exact) mass is 346 g/mol. The molecule has 0 radical (unpaired) electrons. The number of halogens is 1. The van der Waals surface area contributed by atoms with E-state index in [2.05, 4.69) is 27.4 Å². The molecular weight excluding hydrogens is 324 g/mol. The van der Waals surface area contributed by atoms with Gasteiger partial charge in [-0.15, -0.1) is 0 Å². The number of amides is 1. The Morgan fingerprint density at radius 1 is 1.25 bits per heavy atom. The number of nitrogens with one attached hydrogen (secondary N) is 1. The van der Waals surface area contributed by atoms with Crippen molar-refractivity contribution in [3.05, 3.63) is 52.8 Å². The Labute approximate surface area is 147 Å². The van der Waals surface area contributed by atoms with Crippen LogP contribution in [0.3, 0.4) is 0 Å². The predicted octanol–water partition coefficient (Wildman–Crippen LogP) is 3.03. The molecule has 1 aromatic carbocycles. The van der Waals surface area contributed by atoms with E-state index in [1.165, 1.54) is 35.7 Å². The number of aromatic nitrogens is 2. The molecule has 128 valence electrons. The lowest BCUT2D eigenvalue weighted by Gasteiger charge is -2.35. The molecule has 5 nitrogen and oxygen atoms in total. The summed E-state index contributed by atoms with van der Waals surface area (Å²) in [7, 11) is 1.72. The first-order valence-corrected chi connectivity index (χ1v) is 8.79. The van der Waals surface area contributed by atoms with Crippen LogP contribution in [0.25, 0.3) is 0 Å². The molecule has 2 heterocycles. The molecule has 3 rings (SSSR count). The number of carbonyl (C=O) groups excluding carboxylic acids is 1. The zero-order chi connectivity index (χ0) is 16.9. The Balaban J connectivity index is 1.73. The summed E-state index contributed by atoms with van der Waals surface area (Å²) in [5, 5.41) is 7.44. The van der Waals surface area contributed by atoms with Crippen LogP contribution in [0.15, 0.2) is 36.5 Å². The third-order valence-corrected chi connectivity index (χ3v) is 4.86. The van der Waals surface area contributed by atoms with Crippen LogP contribution in [-0.2, 0) is 7.05 Å². The lowest BCUT2D eigenvalue weighted by atomic mass is 10.0. The highest BCUT2D eigenvalue weighted by Gasteiger charge is 2.24. The maximum absolute atomic E-state index is 12.5. The van der Waals surface area contributed by atoms with Gasteiger partial charge in [-0.1, -0.05) is 48.4 Å². The summed E-state index contributed by atoms with van der Waals surface area (Å²) in [5.74, 6) is -0.182. The molecule has 1 fully saturated rings. The normalized spacial score (nSPS) is 16.8. The van der Waals surface area contributed by atoms with Crippen molar-refractivity contribution >= 4 is 17.5 Å². The minimum absolute atomic E-state index is 0.182. The van der Waals surface area contributed by atoms with Gasteiger partial charge < -0.3 is 5.32 Å². The lowest BCUT2D eigenvalue weighted by Crippen LogP contribution is -2.41. The second-order valence-electron chi connectivity index (χ2n) is 6.20. The van der Waals surface area contributed by atoms with Gasteiger partial charge >= 0.3 is 0 Å². The summed E-state index contributed by atoms with van der Waals surface area (Å²) >= 11 is 6.07. The summed E-state index contributed by atoms with van der Waals surface area (Å²) in [4.78, 5) is 15.0. The standard InChI is InChI=1S/C18H23ClN4O/c1-22-17(15(19)12-21-22)18(24)20-13-16(14-8-4-2-5-9-14)23-10-6-3-7-11-23/h2,4-5,8-9,12,16H,3,6-7,10-11,13H2,1H3,(H,20,24)/t16-/m0/s1. The van der Waals surface area contributed by atoms with Gasteiger partial charge in [-0.05, 0) is 31.5 Å². The van der Waals surface area contributed by atoms with E-state index < -0.39 is 0 Å². The molecule has 0 bridgehead atoms. The zero-order valence-corrected chi connectivity index (χ0v) is 14.7. The highest BCUT2D eigenvalue weighted by atomic mass is 35.5. The van der Waals surface area contributed by atoms with Crippen molar-refractivity contribution in [1.29, 1.82) is 0 Å². The summed E-state index contributed by atoms with van der Waals surface area (Å²) < 4.78 is 1.51. The van der Waals surface area contributed by atoms with Crippen LogP contribution >= 0.6 is 11.6 Å². The highest BCUT2D eigenvalue weighted by Crippen LogP contribution is 2.24. The lowest BCUT2D eigenvalue weighted by molar-refractivity contribution is 0.0915. The van der Waals surface area contributed by atoms with E-state index in [4.69, 9.17) is 11.6 Å². The van der Waals surface area contributed by atoms with Gasteiger partial charge in [-0.2, -0.15) is 5.10 Å². The number of piperidine rings is 1. The molecule has 24 heavy (non-hydrogen) atoms. The van der Waals surface area contributed by atoms with Crippen molar-refractivity contribution in [2.45, 2.75) is 25.3 Å². The van der Waals surface area contributed by atoms with Crippen molar-refractivity contribution in [3.8, 4) is 0 Å². The van der Waals surface area contributed by atoms with Crippen molar-refractivity contribution in [3.63, 3.8) is 0 Å². The van der Waals surface area contributed by atoms with E-state index in [0.717, 1.165) is 13.1 Å². The van der Waals surface area contributed by atoms with Crippen molar-refractivity contribution in [2.75, 3.05) is 19.6 Å². The van der Waals surface area contributed by atoms with Gasteiger partial charge in [0.1, 0.15) is 5.69 Å². The maximum atomic E-state index is 12.5. The molecule has 0 aliphatic carbocycles. The van der Waals surface area contributed by atoms with Gasteiger partial charge in [0.05, 0.1) is 17.3 Å². The van der Waals surface area contributed by atoms with Gasteiger partial charge in [-0.25, -0.2) is 0 Å². The highest BCUT2D eigenvalue weighted by molar-refractivity contribution is 6.33. The molecule has 1 aromatic heterocycles. The Hall–Kier alpha value is -1.85. The summed E-state index contributed by atoms with van der Waals surface area (Å²) in [6, 6.07) is 10.6. The maximum Gasteiger partial charge on any atom is 0.271 e. The topological polar surface area (TPSA) is 50.2 Å². The molecule has 1 N–H and O–H groups in total. The second-order valence-corrected chi connectivity index (χ2v) is 6.61. The van der Waals surface area contributed by atoms with Crippen LogP contribution in [0.5, 0.6) is 0 Å². The number of likely N-dealkylation sites (tertiary alicyclic amines) is 1. The number of aryl methyl sites for hydroxylation is 1. The molecular formula is C18H23ClN4O. The summed E-state index contributed by atoms with van der Waals surface area (Å²) in [6.45, 7) is 2.70. The molecule has 2 aromatic rings. The Kier molecular flexibility index (Phi) is 5.53. The van der Waals surface area contributed by atoms with Crippen molar-refractivity contribution in [2.24, 2.45) is 7.05 Å². The number of carbonyl (C=O) groups is 1. The predicted molar refractivity (Wildman–Crippen MR) is 95.2 cm³/mol. The first-order valence-electron chi connectivity index (χ1n) is 8.41. The van der Waals surface area contributed by atoms with Crippen LogP contribution in [0.1, 0.15) is 41.4 Å². The zero-order valence-electron chi connectivity index (χ0n) is 13.9. The van der Waals surface area contributed by atoms with Crippen molar-refractivity contribution < 1.29 is 4.79 Å². The number of hydrogen-bond acceptors (Lipinski definition) is 3. The van der Waals surface area contributed by atoms with Crippen LogP contribution in [-0.4, -0.2) is 40.2 Å². The van der Waals surface area contributed by atoms with E-state index in [9.17, 15) is 4.79 Å². The number of nitrogens with zero attached hydrogens (tertiary/aromatic N) is 3. The molecule has 6 heteroatoms. The molecule has 0 spiro atoms. The Bertz CT molecular complexity index is 660. The van der Waals surface area contributed by atoms with Crippen molar-refractivity contribution in [1.82, 2.24) is 20.0 Å². The van der Waals surface area contributed by atoms with Gasteiger partial charge in [0.2, 0.25) is 0 Å². The summed E-state index contributed by atoms with van der Waals surface area (Å²) in [5.41, 5.74) is 1.64. The molecule has 1 amide bonds. The number of hydrogen-bond donors (Lipinski definition) is 1. The third kappa shape index (κ3) is 3.79. The minimum Gasteiger partial charge on any atom is -0.349 e. The molecule has 1 aliphatic heterocycles. The van der Waals surface area contributed by atoms with Gasteiger partial charge in [0.25, 0.3) is 5.91 Å².